The van der Waals surface area contributed by atoms with Crippen LogP contribution in [0.15, 0.2) is 24.3 Å². The zero-order valence-electron chi connectivity index (χ0n) is 13.6. The monoisotopic (exact) mass is 294 g/mol. The Morgan fingerprint density at radius 2 is 1.81 bits per heavy atom. The van der Waals surface area contributed by atoms with E-state index in [2.05, 4.69) is 36.5 Å². The highest BCUT2D eigenvalue weighted by Gasteiger charge is 2.25. The zero-order valence-corrected chi connectivity index (χ0v) is 13.6. The highest BCUT2D eigenvalue weighted by Crippen LogP contribution is 2.14. The molecule has 3 atom stereocenters. The summed E-state index contributed by atoms with van der Waals surface area (Å²) in [6.07, 6.45) is 19.2. The molecule has 0 unspecified atom stereocenters. The van der Waals surface area contributed by atoms with Crippen molar-refractivity contribution in [3.05, 3.63) is 24.3 Å². The highest BCUT2D eigenvalue weighted by molar-refractivity contribution is 5.02. The fourth-order valence-electron chi connectivity index (χ4n) is 2.71. The molecule has 1 aliphatic rings. The maximum atomic E-state index is 9.74. The fraction of sp³-hybridized carbons (Fsp3) is 0.778. The van der Waals surface area contributed by atoms with Crippen molar-refractivity contribution in [1.29, 1.82) is 0 Å². The maximum absolute atomic E-state index is 9.74. The van der Waals surface area contributed by atoms with Crippen LogP contribution in [0.2, 0.25) is 0 Å². The van der Waals surface area contributed by atoms with Gasteiger partial charge in [0.05, 0.1) is 6.10 Å². The Morgan fingerprint density at radius 1 is 1.10 bits per heavy atom. The third kappa shape index (κ3) is 9.07. The van der Waals surface area contributed by atoms with Gasteiger partial charge in [-0.25, -0.2) is 0 Å². The number of piperidine rings is 1. The Morgan fingerprint density at radius 3 is 2.48 bits per heavy atom. The average molecular weight is 294 g/mol. The lowest BCUT2D eigenvalue weighted by molar-refractivity contribution is 0.0936. The molecule has 0 aliphatic carbocycles. The minimum atomic E-state index is -0.321. The predicted molar refractivity (Wildman–Crippen MR) is 91.3 cm³/mol. The molecule has 1 rings (SSSR count). The van der Waals surface area contributed by atoms with E-state index in [0.717, 1.165) is 19.4 Å². The van der Waals surface area contributed by atoms with E-state index in [1.165, 1.54) is 44.9 Å². The van der Waals surface area contributed by atoms with E-state index in [0.29, 0.717) is 6.04 Å². The first-order valence-corrected chi connectivity index (χ1v) is 8.72. The molecule has 0 aromatic rings. The highest BCUT2D eigenvalue weighted by atomic mass is 16.3. The standard InChI is InChI=1S/C18H34N2O/c1-2-3-4-5-6-7-8-9-10-11-12-13-16-14-18(21)17(19)15-20-16/h5-8,16-18,20-21H,2-4,9-15,19H2,1H3/b6-5+,8-7+/t16-,17-,18+/m0/s1. The van der Waals surface area contributed by atoms with Crippen molar-refractivity contribution < 1.29 is 5.11 Å². The number of hydrogen-bond acceptors (Lipinski definition) is 3. The topological polar surface area (TPSA) is 58.3 Å². The minimum Gasteiger partial charge on any atom is -0.391 e. The molecule has 1 saturated heterocycles. The first kappa shape index (κ1) is 18.4. The third-order valence-electron chi connectivity index (χ3n) is 4.19. The van der Waals surface area contributed by atoms with Crippen molar-refractivity contribution in [2.45, 2.75) is 82.9 Å². The molecule has 0 spiro atoms. The van der Waals surface area contributed by atoms with E-state index in [1.54, 1.807) is 0 Å². The lowest BCUT2D eigenvalue weighted by atomic mass is 9.94. The van der Waals surface area contributed by atoms with Gasteiger partial charge in [-0.15, -0.1) is 0 Å². The summed E-state index contributed by atoms with van der Waals surface area (Å²) in [7, 11) is 0. The zero-order chi connectivity index (χ0) is 15.3. The van der Waals surface area contributed by atoms with Gasteiger partial charge in [-0.1, -0.05) is 56.9 Å². The number of allylic oxidation sites excluding steroid dienone is 4. The lowest BCUT2D eigenvalue weighted by Gasteiger charge is -2.32. The summed E-state index contributed by atoms with van der Waals surface area (Å²) >= 11 is 0. The van der Waals surface area contributed by atoms with E-state index in [4.69, 9.17) is 5.73 Å². The van der Waals surface area contributed by atoms with Crippen LogP contribution in [0.25, 0.3) is 0 Å². The first-order chi connectivity index (χ1) is 10.2. The lowest BCUT2D eigenvalue weighted by Crippen LogP contribution is -2.53. The largest absolute Gasteiger partial charge is 0.391 e. The van der Waals surface area contributed by atoms with Crippen molar-refractivity contribution in [3.8, 4) is 0 Å². The summed E-state index contributed by atoms with van der Waals surface area (Å²) in [5, 5.41) is 13.2. The van der Waals surface area contributed by atoms with Gasteiger partial charge < -0.3 is 16.2 Å². The Bertz CT molecular complexity index is 302. The quantitative estimate of drug-likeness (QED) is 0.428. The summed E-state index contributed by atoms with van der Waals surface area (Å²) in [4.78, 5) is 0. The van der Waals surface area contributed by atoms with Gasteiger partial charge in [-0.05, 0) is 32.1 Å². The molecule has 0 radical (unpaired) electrons. The van der Waals surface area contributed by atoms with Crippen LogP contribution in [0.1, 0.15) is 64.7 Å². The van der Waals surface area contributed by atoms with Crippen LogP contribution in [0.3, 0.4) is 0 Å². The van der Waals surface area contributed by atoms with Crippen LogP contribution >= 0.6 is 0 Å². The summed E-state index contributed by atoms with van der Waals surface area (Å²) in [6, 6.07) is 0.369. The second-order valence-corrected chi connectivity index (χ2v) is 6.21. The Kier molecular flexibility index (Phi) is 10.5. The Labute approximate surface area is 130 Å². The molecule has 0 amide bonds. The molecule has 3 nitrogen and oxygen atoms in total. The van der Waals surface area contributed by atoms with E-state index in [-0.39, 0.29) is 12.1 Å². The van der Waals surface area contributed by atoms with E-state index >= 15 is 0 Å². The van der Waals surface area contributed by atoms with Gasteiger partial charge in [0.15, 0.2) is 0 Å². The minimum absolute atomic E-state index is 0.0863. The molecule has 122 valence electrons. The van der Waals surface area contributed by atoms with Crippen molar-refractivity contribution in [2.75, 3.05) is 6.54 Å². The fourth-order valence-corrected chi connectivity index (χ4v) is 2.71. The molecule has 3 heteroatoms. The first-order valence-electron chi connectivity index (χ1n) is 8.72. The summed E-state index contributed by atoms with van der Waals surface area (Å²) < 4.78 is 0. The van der Waals surface area contributed by atoms with Gasteiger partial charge >= 0.3 is 0 Å². The molecular formula is C18H34N2O. The van der Waals surface area contributed by atoms with E-state index in [9.17, 15) is 5.11 Å². The predicted octanol–water partition coefficient (Wildman–Crippen LogP) is 3.29. The molecular weight excluding hydrogens is 260 g/mol. The number of hydrogen-bond donors (Lipinski definition) is 3. The molecule has 0 bridgehead atoms. The van der Waals surface area contributed by atoms with Crippen molar-refractivity contribution in [1.82, 2.24) is 5.32 Å². The molecule has 1 aliphatic heterocycles. The van der Waals surface area contributed by atoms with Crippen LogP contribution < -0.4 is 11.1 Å². The molecule has 1 fully saturated rings. The summed E-state index contributed by atoms with van der Waals surface area (Å²) in [6.45, 7) is 2.97. The second kappa shape index (κ2) is 12.0. The third-order valence-corrected chi connectivity index (χ3v) is 4.19. The van der Waals surface area contributed by atoms with Gasteiger partial charge in [0, 0.05) is 18.6 Å². The van der Waals surface area contributed by atoms with Gasteiger partial charge in [0.25, 0.3) is 0 Å². The number of rotatable bonds is 10. The number of nitrogens with one attached hydrogen (secondary N) is 1. The number of unbranched alkanes of at least 4 members (excludes halogenated alkanes) is 5. The van der Waals surface area contributed by atoms with Crippen LogP contribution in [0.4, 0.5) is 0 Å². The maximum Gasteiger partial charge on any atom is 0.0718 e. The van der Waals surface area contributed by atoms with Crippen LogP contribution in [0, 0.1) is 0 Å². The summed E-state index contributed by atoms with van der Waals surface area (Å²) in [5.41, 5.74) is 5.78. The van der Waals surface area contributed by atoms with Crippen molar-refractivity contribution in [2.24, 2.45) is 5.73 Å². The number of nitrogens with two attached hydrogens (primary N) is 1. The SMILES string of the molecule is CCCC/C=C/C=C/CCCCC[C@H]1C[C@@H](O)[C@@H](N)CN1. The molecule has 1 heterocycles. The van der Waals surface area contributed by atoms with Crippen LogP contribution in [0.5, 0.6) is 0 Å². The van der Waals surface area contributed by atoms with Gasteiger partial charge in [0.1, 0.15) is 0 Å². The molecule has 0 aromatic carbocycles. The van der Waals surface area contributed by atoms with Gasteiger partial charge in [0.2, 0.25) is 0 Å². The van der Waals surface area contributed by atoms with Crippen LogP contribution in [-0.4, -0.2) is 29.8 Å². The Hall–Kier alpha value is -0.640. The van der Waals surface area contributed by atoms with Gasteiger partial charge in [-0.2, -0.15) is 0 Å². The van der Waals surface area contributed by atoms with Gasteiger partial charge in [-0.3, -0.25) is 0 Å². The van der Waals surface area contributed by atoms with Crippen LogP contribution in [-0.2, 0) is 0 Å². The molecule has 0 aromatic heterocycles. The molecule has 4 N–H and O–H groups in total. The van der Waals surface area contributed by atoms with Crippen molar-refractivity contribution in [3.63, 3.8) is 0 Å². The smallest absolute Gasteiger partial charge is 0.0718 e. The van der Waals surface area contributed by atoms with E-state index < -0.39 is 0 Å². The van der Waals surface area contributed by atoms with Crippen molar-refractivity contribution >= 4 is 0 Å². The number of aliphatic hydroxyl groups excluding tert-OH is 1. The molecule has 0 saturated carbocycles. The van der Waals surface area contributed by atoms with E-state index in [1.807, 2.05) is 0 Å². The summed E-state index contributed by atoms with van der Waals surface area (Å²) in [5.74, 6) is 0. The number of aliphatic hydroxyl groups is 1. The second-order valence-electron chi connectivity index (χ2n) is 6.21. The Balaban J connectivity index is 1.93. The normalized spacial score (nSPS) is 26.9. The average Bonchev–Trinajstić information content (AvgIpc) is 2.48. The molecule has 21 heavy (non-hydrogen) atoms.